The molecule has 1 atom stereocenters. The molecule has 0 aliphatic carbocycles. The number of sulfonamides is 1. The van der Waals surface area contributed by atoms with Gasteiger partial charge < -0.3 is 9.80 Å². The van der Waals surface area contributed by atoms with Gasteiger partial charge in [-0.2, -0.15) is 0 Å². The maximum atomic E-state index is 12.7. The van der Waals surface area contributed by atoms with E-state index in [0.29, 0.717) is 36.7 Å². The van der Waals surface area contributed by atoms with Crippen LogP contribution in [-0.2, 0) is 10.0 Å². The molecular weight excluding hydrogens is 342 g/mol. The van der Waals surface area contributed by atoms with Crippen LogP contribution in [0, 0.1) is 12.8 Å². The number of aryl methyl sites for hydroxylation is 1. The van der Waals surface area contributed by atoms with Crippen molar-refractivity contribution in [3.8, 4) is 0 Å². The second kappa shape index (κ2) is 7.25. The van der Waals surface area contributed by atoms with Crippen molar-refractivity contribution < 1.29 is 13.2 Å². The highest BCUT2D eigenvalue weighted by atomic mass is 32.2. The van der Waals surface area contributed by atoms with Crippen molar-refractivity contribution in [1.29, 1.82) is 0 Å². The van der Waals surface area contributed by atoms with Crippen LogP contribution >= 0.6 is 0 Å². The lowest BCUT2D eigenvalue weighted by atomic mass is 10.1. The maximum Gasteiger partial charge on any atom is 0.257 e. The molecular formula is C16H25N5O3S. The van der Waals surface area contributed by atoms with E-state index >= 15 is 0 Å². The Hall–Kier alpha value is -1.74. The number of hydrogen-bond donors (Lipinski definition) is 1. The van der Waals surface area contributed by atoms with Gasteiger partial charge in [-0.3, -0.25) is 4.79 Å². The van der Waals surface area contributed by atoms with Gasteiger partial charge in [0.25, 0.3) is 5.91 Å². The van der Waals surface area contributed by atoms with Crippen LogP contribution < -0.4 is 10.0 Å². The first-order valence-electron chi connectivity index (χ1n) is 8.72. The number of anilines is 1. The largest absolute Gasteiger partial charge is 0.341 e. The summed E-state index contributed by atoms with van der Waals surface area (Å²) in [5.41, 5.74) is 1.15. The van der Waals surface area contributed by atoms with Gasteiger partial charge in [-0.25, -0.2) is 23.5 Å². The predicted molar refractivity (Wildman–Crippen MR) is 94.8 cm³/mol. The highest BCUT2D eigenvalue weighted by Gasteiger charge is 2.30. The Morgan fingerprint density at radius 2 is 2.00 bits per heavy atom. The van der Waals surface area contributed by atoms with Crippen molar-refractivity contribution in [2.45, 2.75) is 32.6 Å². The molecule has 0 aromatic carbocycles. The van der Waals surface area contributed by atoms with E-state index in [1.54, 1.807) is 11.1 Å². The van der Waals surface area contributed by atoms with Gasteiger partial charge in [-0.1, -0.05) is 0 Å². The molecule has 1 aromatic rings. The zero-order valence-corrected chi connectivity index (χ0v) is 15.3. The van der Waals surface area contributed by atoms with Crippen LogP contribution in [0.2, 0.25) is 0 Å². The minimum Gasteiger partial charge on any atom is -0.341 e. The summed E-state index contributed by atoms with van der Waals surface area (Å²) in [5.74, 6) is 0.356. The Kier molecular flexibility index (Phi) is 5.24. The number of amides is 1. The van der Waals surface area contributed by atoms with Gasteiger partial charge in [0, 0.05) is 32.4 Å². The van der Waals surface area contributed by atoms with Gasteiger partial charge in [0.15, 0.2) is 0 Å². The second-order valence-electron chi connectivity index (χ2n) is 6.95. The zero-order chi connectivity index (χ0) is 18.0. The Morgan fingerprint density at radius 1 is 1.28 bits per heavy atom. The molecule has 2 saturated heterocycles. The SMILES string of the molecule is Cc1nc(N2CCCCC2)ncc1C(=O)N1CC[C@H](CS(N)(=O)=O)C1. The van der Waals surface area contributed by atoms with Gasteiger partial charge in [0.2, 0.25) is 16.0 Å². The van der Waals surface area contributed by atoms with Crippen LogP contribution in [0.1, 0.15) is 41.7 Å². The number of carbonyl (C=O) groups is 1. The maximum absolute atomic E-state index is 12.7. The normalized spacial score (nSPS) is 21.6. The molecule has 1 aromatic heterocycles. The molecule has 25 heavy (non-hydrogen) atoms. The first kappa shape index (κ1) is 18.1. The predicted octanol–water partition coefficient (Wildman–Crippen LogP) is 0.526. The molecule has 3 rings (SSSR count). The molecule has 0 spiro atoms. The van der Waals surface area contributed by atoms with E-state index in [-0.39, 0.29) is 17.6 Å². The number of aromatic nitrogens is 2. The molecule has 2 aliphatic heterocycles. The molecule has 8 nitrogen and oxygen atoms in total. The molecule has 0 saturated carbocycles. The standard InChI is InChI=1S/C16H25N5O3S/c1-12-14(9-18-16(19-12)20-6-3-2-4-7-20)15(22)21-8-5-13(10-21)11-25(17,23)24/h9,13H,2-8,10-11H2,1H3,(H2,17,23,24)/t13-/m0/s1. The highest BCUT2D eigenvalue weighted by Crippen LogP contribution is 2.22. The van der Waals surface area contributed by atoms with Crippen LogP contribution in [0.3, 0.4) is 0 Å². The van der Waals surface area contributed by atoms with E-state index < -0.39 is 10.0 Å². The Balaban J connectivity index is 1.68. The summed E-state index contributed by atoms with van der Waals surface area (Å²) in [4.78, 5) is 25.4. The summed E-state index contributed by atoms with van der Waals surface area (Å²) in [5, 5.41) is 5.10. The number of primary sulfonamides is 1. The fourth-order valence-corrected chi connectivity index (χ4v) is 4.49. The molecule has 0 unspecified atom stereocenters. The quantitative estimate of drug-likeness (QED) is 0.831. The molecule has 9 heteroatoms. The molecule has 1 amide bonds. The molecule has 138 valence electrons. The average molecular weight is 367 g/mol. The van der Waals surface area contributed by atoms with Crippen LogP contribution in [-0.4, -0.2) is 61.1 Å². The van der Waals surface area contributed by atoms with Crippen LogP contribution in [0.25, 0.3) is 0 Å². The molecule has 2 aliphatic rings. The van der Waals surface area contributed by atoms with Crippen molar-refractivity contribution in [2.75, 3.05) is 36.8 Å². The lowest BCUT2D eigenvalue weighted by molar-refractivity contribution is 0.0786. The number of likely N-dealkylation sites (tertiary alicyclic amines) is 1. The summed E-state index contributed by atoms with van der Waals surface area (Å²) in [6.07, 6.45) is 5.76. The average Bonchev–Trinajstić information content (AvgIpc) is 3.01. The third kappa shape index (κ3) is 4.46. The molecule has 2 fully saturated rings. The summed E-state index contributed by atoms with van der Waals surface area (Å²) in [6.45, 7) is 4.66. The number of piperidine rings is 1. The number of nitrogens with zero attached hydrogens (tertiary/aromatic N) is 4. The first-order chi connectivity index (χ1) is 11.8. The first-order valence-corrected chi connectivity index (χ1v) is 10.4. The van der Waals surface area contributed by atoms with Crippen LogP contribution in [0.4, 0.5) is 5.95 Å². The van der Waals surface area contributed by atoms with Crippen LogP contribution in [0.15, 0.2) is 6.20 Å². The third-order valence-corrected chi connectivity index (χ3v) is 5.81. The van der Waals surface area contributed by atoms with Crippen molar-refractivity contribution in [2.24, 2.45) is 11.1 Å². The fourth-order valence-electron chi connectivity index (χ4n) is 3.56. The number of rotatable bonds is 4. The topological polar surface area (TPSA) is 109 Å². The second-order valence-corrected chi connectivity index (χ2v) is 8.61. The molecule has 0 radical (unpaired) electrons. The van der Waals surface area contributed by atoms with Gasteiger partial charge >= 0.3 is 0 Å². The van der Waals surface area contributed by atoms with Gasteiger partial charge in [0.1, 0.15) is 0 Å². The third-order valence-electron chi connectivity index (χ3n) is 4.88. The lowest BCUT2D eigenvalue weighted by Crippen LogP contribution is -2.33. The van der Waals surface area contributed by atoms with Crippen LogP contribution in [0.5, 0.6) is 0 Å². The smallest absolute Gasteiger partial charge is 0.257 e. The molecule has 3 heterocycles. The van der Waals surface area contributed by atoms with Gasteiger partial charge in [-0.15, -0.1) is 0 Å². The number of hydrogen-bond acceptors (Lipinski definition) is 6. The Labute approximate surface area is 148 Å². The van der Waals surface area contributed by atoms with E-state index in [1.807, 2.05) is 6.92 Å². The highest BCUT2D eigenvalue weighted by molar-refractivity contribution is 7.89. The molecule has 0 bridgehead atoms. The summed E-state index contributed by atoms with van der Waals surface area (Å²) in [7, 11) is -3.52. The lowest BCUT2D eigenvalue weighted by Gasteiger charge is -2.27. The zero-order valence-electron chi connectivity index (χ0n) is 14.5. The van der Waals surface area contributed by atoms with E-state index in [9.17, 15) is 13.2 Å². The Bertz CT molecular complexity index is 746. The van der Waals surface area contributed by atoms with Crippen molar-refractivity contribution in [1.82, 2.24) is 14.9 Å². The summed E-state index contributed by atoms with van der Waals surface area (Å²) >= 11 is 0. The van der Waals surface area contributed by atoms with Gasteiger partial charge in [0.05, 0.1) is 17.0 Å². The van der Waals surface area contributed by atoms with E-state index in [1.165, 1.54) is 6.42 Å². The monoisotopic (exact) mass is 367 g/mol. The number of carbonyl (C=O) groups excluding carboxylic acids is 1. The van der Waals surface area contributed by atoms with E-state index in [0.717, 1.165) is 25.9 Å². The fraction of sp³-hybridized carbons (Fsp3) is 0.688. The number of nitrogens with two attached hydrogens (primary N) is 1. The summed E-state index contributed by atoms with van der Waals surface area (Å²) in [6, 6.07) is 0. The van der Waals surface area contributed by atoms with Crippen molar-refractivity contribution in [3.05, 3.63) is 17.5 Å². The van der Waals surface area contributed by atoms with Crippen molar-refractivity contribution >= 4 is 21.9 Å². The Morgan fingerprint density at radius 3 is 2.64 bits per heavy atom. The van der Waals surface area contributed by atoms with Gasteiger partial charge in [-0.05, 0) is 38.5 Å². The summed E-state index contributed by atoms with van der Waals surface area (Å²) < 4.78 is 22.5. The minimum absolute atomic E-state index is 0.0832. The minimum atomic E-state index is -3.52. The van der Waals surface area contributed by atoms with Crippen molar-refractivity contribution in [3.63, 3.8) is 0 Å². The van der Waals surface area contributed by atoms with E-state index in [4.69, 9.17) is 5.14 Å². The molecule has 2 N–H and O–H groups in total. The van der Waals surface area contributed by atoms with E-state index in [2.05, 4.69) is 14.9 Å².